The van der Waals surface area contributed by atoms with Gasteiger partial charge >= 0.3 is 0 Å². The van der Waals surface area contributed by atoms with Crippen molar-refractivity contribution < 1.29 is 9.59 Å². The van der Waals surface area contributed by atoms with E-state index in [1.54, 1.807) is 18.2 Å². The van der Waals surface area contributed by atoms with Crippen LogP contribution in [0.25, 0.3) is 0 Å². The number of nitrogens with zero attached hydrogens (tertiary/aromatic N) is 1. The van der Waals surface area contributed by atoms with Crippen LogP contribution in [0.1, 0.15) is 6.42 Å². The van der Waals surface area contributed by atoms with Gasteiger partial charge in [0.1, 0.15) is 6.04 Å². The van der Waals surface area contributed by atoms with Crippen LogP contribution in [0.4, 0.5) is 11.4 Å². The summed E-state index contributed by atoms with van der Waals surface area (Å²) in [6, 6.07) is 4.41. The number of benzene rings is 1. The molecule has 1 fully saturated rings. The zero-order valence-electron chi connectivity index (χ0n) is 9.24. The van der Waals surface area contributed by atoms with Gasteiger partial charge in [0.05, 0.1) is 17.8 Å². The number of rotatable bonds is 2. The predicted molar refractivity (Wildman–Crippen MR) is 65.7 cm³/mol. The second kappa shape index (κ2) is 4.25. The van der Waals surface area contributed by atoms with Gasteiger partial charge in [0.15, 0.2) is 0 Å². The average Bonchev–Trinajstić information content (AvgIpc) is 2.50. The number of halogens is 1. The Hall–Kier alpha value is -1.75. The molecule has 2 rings (SSSR count). The van der Waals surface area contributed by atoms with Crippen molar-refractivity contribution in [1.82, 2.24) is 4.90 Å². The molecular formula is C11H12ClN3O2. The van der Waals surface area contributed by atoms with E-state index in [0.29, 0.717) is 16.4 Å². The quantitative estimate of drug-likeness (QED) is 0.611. The highest BCUT2D eigenvalue weighted by Crippen LogP contribution is 2.25. The minimum atomic E-state index is -0.545. The Labute approximate surface area is 104 Å². The van der Waals surface area contributed by atoms with Crippen molar-refractivity contribution in [2.24, 2.45) is 0 Å². The normalized spacial score (nSPS) is 19.9. The predicted octanol–water partition coefficient (Wildman–Crippen LogP) is 1.09. The Morgan fingerprint density at radius 1 is 1.47 bits per heavy atom. The number of carbonyl (C=O) groups excluding carboxylic acids is 2. The van der Waals surface area contributed by atoms with Crippen LogP contribution >= 0.6 is 11.6 Å². The van der Waals surface area contributed by atoms with Crippen molar-refractivity contribution in [2.45, 2.75) is 12.5 Å². The van der Waals surface area contributed by atoms with Crippen molar-refractivity contribution in [2.75, 3.05) is 18.1 Å². The van der Waals surface area contributed by atoms with Crippen molar-refractivity contribution in [3.8, 4) is 0 Å². The SMILES string of the molecule is CN1C(=O)CC(Nc2ccc(Cl)cc2N)C1=O. The Kier molecular flexibility index (Phi) is 2.93. The van der Waals surface area contributed by atoms with E-state index >= 15 is 0 Å². The monoisotopic (exact) mass is 253 g/mol. The first kappa shape index (κ1) is 11.7. The van der Waals surface area contributed by atoms with Gasteiger partial charge < -0.3 is 11.1 Å². The topological polar surface area (TPSA) is 75.4 Å². The lowest BCUT2D eigenvalue weighted by atomic mass is 10.2. The highest BCUT2D eigenvalue weighted by molar-refractivity contribution is 6.31. The number of nitrogens with one attached hydrogen (secondary N) is 1. The maximum atomic E-state index is 11.7. The van der Waals surface area contributed by atoms with E-state index in [0.717, 1.165) is 4.90 Å². The number of anilines is 2. The zero-order chi connectivity index (χ0) is 12.6. The van der Waals surface area contributed by atoms with Crippen LogP contribution in [0.5, 0.6) is 0 Å². The van der Waals surface area contributed by atoms with E-state index in [-0.39, 0.29) is 18.2 Å². The summed E-state index contributed by atoms with van der Waals surface area (Å²) in [5.41, 5.74) is 6.82. The van der Waals surface area contributed by atoms with Gasteiger partial charge in [-0.2, -0.15) is 0 Å². The van der Waals surface area contributed by atoms with Gasteiger partial charge in [-0.05, 0) is 18.2 Å². The van der Waals surface area contributed by atoms with Crippen molar-refractivity contribution in [3.05, 3.63) is 23.2 Å². The summed E-state index contributed by atoms with van der Waals surface area (Å²) < 4.78 is 0. The molecule has 1 heterocycles. The number of nitrogens with two attached hydrogens (primary N) is 1. The van der Waals surface area contributed by atoms with E-state index in [2.05, 4.69) is 5.32 Å². The fourth-order valence-electron chi connectivity index (χ4n) is 1.72. The third-order valence-corrected chi connectivity index (χ3v) is 2.96. The number of hydrogen-bond donors (Lipinski definition) is 2. The molecule has 5 nitrogen and oxygen atoms in total. The van der Waals surface area contributed by atoms with E-state index in [9.17, 15) is 9.59 Å². The van der Waals surface area contributed by atoms with Crippen LogP contribution in [0, 0.1) is 0 Å². The van der Waals surface area contributed by atoms with Crippen molar-refractivity contribution in [1.29, 1.82) is 0 Å². The maximum absolute atomic E-state index is 11.7. The Morgan fingerprint density at radius 2 is 2.18 bits per heavy atom. The average molecular weight is 254 g/mol. The molecule has 0 spiro atoms. The van der Waals surface area contributed by atoms with Gasteiger partial charge in [0, 0.05) is 12.1 Å². The summed E-state index contributed by atoms with van der Waals surface area (Å²) in [6.07, 6.45) is 0.150. The molecule has 6 heteroatoms. The van der Waals surface area contributed by atoms with Crippen LogP contribution in [0.15, 0.2) is 18.2 Å². The van der Waals surface area contributed by atoms with E-state index in [1.807, 2.05) is 0 Å². The Bertz CT molecular complexity index is 490. The summed E-state index contributed by atoms with van der Waals surface area (Å²) in [4.78, 5) is 24.1. The molecule has 1 aliphatic heterocycles. The summed E-state index contributed by atoms with van der Waals surface area (Å²) in [5, 5.41) is 3.48. The number of amides is 2. The van der Waals surface area contributed by atoms with Crippen LogP contribution < -0.4 is 11.1 Å². The molecule has 90 valence electrons. The lowest BCUT2D eigenvalue weighted by molar-refractivity contribution is -0.136. The van der Waals surface area contributed by atoms with Gasteiger partial charge in [0.25, 0.3) is 5.91 Å². The highest BCUT2D eigenvalue weighted by Gasteiger charge is 2.36. The fraction of sp³-hybridized carbons (Fsp3) is 0.273. The van der Waals surface area contributed by atoms with Crippen LogP contribution in [0.2, 0.25) is 5.02 Å². The molecule has 1 unspecified atom stereocenters. The number of nitrogen functional groups attached to an aromatic ring is 1. The molecule has 0 bridgehead atoms. The first-order valence-corrected chi connectivity index (χ1v) is 5.49. The molecule has 2 amide bonds. The Morgan fingerprint density at radius 3 is 2.71 bits per heavy atom. The molecule has 0 aliphatic carbocycles. The zero-order valence-corrected chi connectivity index (χ0v) is 9.99. The summed E-state index contributed by atoms with van der Waals surface area (Å²) in [7, 11) is 1.47. The molecule has 1 atom stereocenters. The van der Waals surface area contributed by atoms with Crippen LogP contribution in [-0.2, 0) is 9.59 Å². The Balaban J connectivity index is 2.17. The smallest absolute Gasteiger partial charge is 0.251 e. The van der Waals surface area contributed by atoms with E-state index < -0.39 is 6.04 Å². The van der Waals surface area contributed by atoms with Crippen LogP contribution in [0.3, 0.4) is 0 Å². The molecule has 0 aromatic heterocycles. The van der Waals surface area contributed by atoms with Gasteiger partial charge in [-0.3, -0.25) is 14.5 Å². The molecule has 1 aromatic rings. The second-order valence-electron chi connectivity index (χ2n) is 3.92. The number of imide groups is 1. The summed E-state index contributed by atoms with van der Waals surface area (Å²) in [6.45, 7) is 0. The largest absolute Gasteiger partial charge is 0.397 e. The number of carbonyl (C=O) groups is 2. The van der Waals surface area contributed by atoms with E-state index in [4.69, 9.17) is 17.3 Å². The minimum absolute atomic E-state index is 0.150. The molecule has 17 heavy (non-hydrogen) atoms. The number of likely N-dealkylation sites (N-methyl/N-ethyl adjacent to an activating group) is 1. The maximum Gasteiger partial charge on any atom is 0.251 e. The standard InChI is InChI=1S/C11H12ClN3O2/c1-15-10(16)5-9(11(15)17)14-8-3-2-6(12)4-7(8)13/h2-4,9,14H,5,13H2,1H3. The summed E-state index contributed by atoms with van der Waals surface area (Å²) in [5.74, 6) is -0.440. The van der Waals surface area contributed by atoms with Gasteiger partial charge in [0.2, 0.25) is 5.91 Å². The van der Waals surface area contributed by atoms with E-state index in [1.165, 1.54) is 7.05 Å². The number of likely N-dealkylation sites (tertiary alicyclic amines) is 1. The lowest BCUT2D eigenvalue weighted by Gasteiger charge is -2.14. The van der Waals surface area contributed by atoms with Gasteiger partial charge in [-0.25, -0.2) is 0 Å². The first-order chi connectivity index (χ1) is 7.99. The summed E-state index contributed by atoms with van der Waals surface area (Å²) >= 11 is 5.77. The lowest BCUT2D eigenvalue weighted by Crippen LogP contribution is -2.31. The highest BCUT2D eigenvalue weighted by atomic mass is 35.5. The third kappa shape index (κ3) is 2.19. The molecular weight excluding hydrogens is 242 g/mol. The second-order valence-corrected chi connectivity index (χ2v) is 4.36. The first-order valence-electron chi connectivity index (χ1n) is 5.11. The fourth-order valence-corrected chi connectivity index (χ4v) is 1.90. The van der Waals surface area contributed by atoms with Gasteiger partial charge in [-0.15, -0.1) is 0 Å². The third-order valence-electron chi connectivity index (χ3n) is 2.72. The molecule has 1 saturated heterocycles. The molecule has 0 saturated carbocycles. The molecule has 1 aliphatic rings. The van der Waals surface area contributed by atoms with Crippen molar-refractivity contribution in [3.63, 3.8) is 0 Å². The molecule has 1 aromatic carbocycles. The van der Waals surface area contributed by atoms with Crippen LogP contribution in [-0.4, -0.2) is 29.8 Å². The minimum Gasteiger partial charge on any atom is -0.397 e. The number of hydrogen-bond acceptors (Lipinski definition) is 4. The molecule has 3 N–H and O–H groups in total. The van der Waals surface area contributed by atoms with Crippen molar-refractivity contribution >= 4 is 34.8 Å². The van der Waals surface area contributed by atoms with Gasteiger partial charge in [-0.1, -0.05) is 11.6 Å². The molecule has 0 radical (unpaired) electrons.